The summed E-state index contributed by atoms with van der Waals surface area (Å²) in [6, 6.07) is 3.24. The third kappa shape index (κ3) is 7.24. The maximum absolute atomic E-state index is 13.6. The molecule has 1 aromatic carbocycles. The molecule has 10 heteroatoms. The van der Waals surface area contributed by atoms with Gasteiger partial charge in [0.15, 0.2) is 0 Å². The summed E-state index contributed by atoms with van der Waals surface area (Å²) in [6.07, 6.45) is -4.09. The molecular weight excluding hydrogens is 427 g/mol. The summed E-state index contributed by atoms with van der Waals surface area (Å²) in [6.45, 7) is 3.52. The van der Waals surface area contributed by atoms with Gasteiger partial charge in [-0.25, -0.2) is 0 Å². The van der Waals surface area contributed by atoms with Crippen LogP contribution in [-0.2, 0) is 4.79 Å². The second-order valence-electron chi connectivity index (χ2n) is 7.17. The Morgan fingerprint density at radius 2 is 1.86 bits per heavy atom. The van der Waals surface area contributed by atoms with Crippen LogP contribution in [-0.4, -0.2) is 71.9 Å². The number of hydrogen-bond acceptors (Lipinski definition) is 5. The maximum atomic E-state index is 13.6. The highest BCUT2D eigenvalue weighted by molar-refractivity contribution is 7.99. The van der Waals surface area contributed by atoms with Crippen LogP contribution in [0.15, 0.2) is 18.2 Å². The molecule has 0 aromatic heterocycles. The Hall–Kier alpha value is -1.16. The number of nitrogens with zero attached hydrogens (tertiary/aromatic N) is 2. The van der Waals surface area contributed by atoms with E-state index in [9.17, 15) is 18.0 Å². The van der Waals surface area contributed by atoms with Crippen molar-refractivity contribution in [3.8, 4) is 0 Å². The van der Waals surface area contributed by atoms with Gasteiger partial charge in [-0.1, -0.05) is 17.7 Å². The van der Waals surface area contributed by atoms with Crippen molar-refractivity contribution in [3.05, 3.63) is 28.8 Å². The van der Waals surface area contributed by atoms with E-state index in [0.29, 0.717) is 42.7 Å². The van der Waals surface area contributed by atoms with Crippen LogP contribution in [0.2, 0.25) is 5.02 Å². The van der Waals surface area contributed by atoms with Crippen LogP contribution in [0.4, 0.5) is 18.9 Å². The quantitative estimate of drug-likeness (QED) is 0.556. The lowest BCUT2D eigenvalue weighted by Crippen LogP contribution is -2.55. The van der Waals surface area contributed by atoms with Gasteiger partial charge in [-0.15, -0.1) is 0 Å². The first-order valence-electron chi connectivity index (χ1n) is 9.47. The molecule has 0 amide bonds. The maximum Gasteiger partial charge on any atom is 0.404 e. The minimum absolute atomic E-state index is 0.0260. The summed E-state index contributed by atoms with van der Waals surface area (Å²) in [5.41, 5.74) is 7.30. The highest BCUT2D eigenvalue weighted by Crippen LogP contribution is 2.32. The lowest BCUT2D eigenvalue weighted by Gasteiger charge is -2.41. The van der Waals surface area contributed by atoms with Gasteiger partial charge >= 0.3 is 12.1 Å². The van der Waals surface area contributed by atoms with Crippen LogP contribution < -0.4 is 10.6 Å². The molecule has 1 heterocycles. The van der Waals surface area contributed by atoms with Gasteiger partial charge in [0.2, 0.25) is 0 Å². The minimum atomic E-state index is -4.30. The third-order valence-electron chi connectivity index (χ3n) is 5.00. The second-order valence-corrected chi connectivity index (χ2v) is 8.80. The monoisotopic (exact) mass is 453 g/mol. The number of thioether (sulfide) groups is 1. The van der Waals surface area contributed by atoms with E-state index in [2.05, 4.69) is 0 Å². The highest BCUT2D eigenvalue weighted by atomic mass is 35.5. The van der Waals surface area contributed by atoms with Crippen molar-refractivity contribution in [2.45, 2.75) is 38.0 Å². The van der Waals surface area contributed by atoms with Gasteiger partial charge in [-0.3, -0.25) is 9.69 Å². The largest absolute Gasteiger partial charge is 0.480 e. The molecule has 1 fully saturated rings. The van der Waals surface area contributed by atoms with Gasteiger partial charge in [0.25, 0.3) is 0 Å². The van der Waals surface area contributed by atoms with Crippen molar-refractivity contribution < 1.29 is 23.1 Å². The first kappa shape index (κ1) is 24.1. The van der Waals surface area contributed by atoms with Crippen LogP contribution in [0.5, 0.6) is 0 Å². The molecule has 0 bridgehead atoms. The Morgan fingerprint density at radius 1 is 1.24 bits per heavy atom. The molecular formula is C19H27ClF3N3O2S. The molecule has 0 aliphatic carbocycles. The molecule has 2 atom stereocenters. The fraction of sp³-hybridized carbons (Fsp3) is 0.632. The molecule has 1 saturated heterocycles. The van der Waals surface area contributed by atoms with Gasteiger partial charge in [0.05, 0.1) is 10.7 Å². The molecule has 0 saturated carbocycles. The summed E-state index contributed by atoms with van der Waals surface area (Å²) in [5.74, 6) is -0.358. The number of piperazine rings is 1. The number of carbonyl (C=O) groups is 1. The summed E-state index contributed by atoms with van der Waals surface area (Å²) in [7, 11) is 0. The number of carboxylic acid groups (broad SMARTS) is 1. The number of anilines is 1. The molecule has 0 spiro atoms. The summed E-state index contributed by atoms with van der Waals surface area (Å²) in [5, 5.41) is 9.35. The van der Waals surface area contributed by atoms with Gasteiger partial charge in [0.1, 0.15) is 12.1 Å². The Morgan fingerprint density at radius 3 is 2.41 bits per heavy atom. The van der Waals surface area contributed by atoms with Crippen molar-refractivity contribution in [1.29, 1.82) is 0 Å². The van der Waals surface area contributed by atoms with Gasteiger partial charge in [-0.05, 0) is 49.0 Å². The van der Waals surface area contributed by atoms with Crippen LogP contribution in [0.1, 0.15) is 18.4 Å². The average Bonchev–Trinajstić information content (AvgIpc) is 2.63. The predicted octanol–water partition coefficient (Wildman–Crippen LogP) is 3.63. The molecule has 1 aliphatic rings. The number of benzene rings is 1. The fourth-order valence-electron chi connectivity index (χ4n) is 3.33. The van der Waals surface area contributed by atoms with Crippen molar-refractivity contribution >= 4 is 35.0 Å². The topological polar surface area (TPSA) is 69.8 Å². The highest BCUT2D eigenvalue weighted by Gasteiger charge is 2.43. The van der Waals surface area contributed by atoms with Crippen molar-refractivity contribution in [3.63, 3.8) is 0 Å². The summed E-state index contributed by atoms with van der Waals surface area (Å²) in [4.78, 5) is 14.2. The molecule has 1 aliphatic heterocycles. The zero-order valence-electron chi connectivity index (χ0n) is 16.3. The molecule has 164 valence electrons. The number of aryl methyl sites for hydroxylation is 1. The summed E-state index contributed by atoms with van der Waals surface area (Å²) < 4.78 is 40.8. The van der Waals surface area contributed by atoms with Crippen molar-refractivity contribution in [2.24, 2.45) is 5.73 Å². The molecule has 29 heavy (non-hydrogen) atoms. The normalized spacial score (nSPS) is 17.9. The number of aliphatic carboxylic acids is 1. The van der Waals surface area contributed by atoms with E-state index in [4.69, 9.17) is 22.4 Å². The summed E-state index contributed by atoms with van der Waals surface area (Å²) >= 11 is 7.60. The molecule has 3 N–H and O–H groups in total. The number of rotatable bonds is 9. The van der Waals surface area contributed by atoms with Crippen LogP contribution in [0, 0.1) is 6.92 Å². The van der Waals surface area contributed by atoms with Gasteiger partial charge in [-0.2, -0.15) is 24.9 Å². The van der Waals surface area contributed by atoms with Gasteiger partial charge in [0, 0.05) is 26.2 Å². The number of nitrogens with two attached hydrogens (primary N) is 1. The standard InChI is InChI=1S/C19H27ClF3N3O2S/c1-13-2-3-16(14(20)12-13)25-6-8-26(9-7-25)17(19(21,22)23)5-11-29-10-4-15(24)18(27)28/h2-3,12,15,17H,4-11,24H2,1H3,(H,27,28). The smallest absolute Gasteiger partial charge is 0.404 e. The van der Waals surface area contributed by atoms with E-state index in [0.717, 1.165) is 11.3 Å². The number of hydrogen-bond donors (Lipinski definition) is 2. The van der Waals surface area contributed by atoms with Crippen LogP contribution in [0.3, 0.4) is 0 Å². The van der Waals surface area contributed by atoms with E-state index in [1.807, 2.05) is 30.0 Å². The zero-order valence-corrected chi connectivity index (χ0v) is 17.9. The lowest BCUT2D eigenvalue weighted by atomic mass is 10.1. The molecule has 2 rings (SSSR count). The van der Waals surface area contributed by atoms with E-state index in [1.54, 1.807) is 0 Å². The number of alkyl halides is 3. The lowest BCUT2D eigenvalue weighted by molar-refractivity contribution is -0.184. The van der Waals surface area contributed by atoms with Crippen molar-refractivity contribution in [1.82, 2.24) is 4.90 Å². The first-order chi connectivity index (χ1) is 13.6. The Kier molecular flexibility index (Phi) is 8.93. The van der Waals surface area contributed by atoms with Gasteiger partial charge < -0.3 is 15.7 Å². The van der Waals surface area contributed by atoms with E-state index in [1.165, 1.54) is 16.7 Å². The third-order valence-corrected chi connectivity index (χ3v) is 6.35. The average molecular weight is 454 g/mol. The number of halogens is 4. The minimum Gasteiger partial charge on any atom is -0.480 e. The fourth-order valence-corrected chi connectivity index (χ4v) is 4.70. The van der Waals surface area contributed by atoms with E-state index in [-0.39, 0.29) is 12.8 Å². The second kappa shape index (κ2) is 10.7. The molecule has 5 nitrogen and oxygen atoms in total. The predicted molar refractivity (Wildman–Crippen MR) is 112 cm³/mol. The Bertz CT molecular complexity index is 685. The van der Waals surface area contributed by atoms with Crippen LogP contribution in [0.25, 0.3) is 0 Å². The molecule has 2 unspecified atom stereocenters. The molecule has 1 aromatic rings. The first-order valence-corrected chi connectivity index (χ1v) is 11.0. The number of carboxylic acids is 1. The van der Waals surface area contributed by atoms with Crippen LogP contribution >= 0.6 is 23.4 Å². The van der Waals surface area contributed by atoms with E-state index >= 15 is 0 Å². The Labute approximate surface area is 178 Å². The Balaban J connectivity index is 1.86. The SMILES string of the molecule is Cc1ccc(N2CCN(C(CCSCCC(N)C(=O)O)C(F)(F)F)CC2)c(Cl)c1. The van der Waals surface area contributed by atoms with E-state index < -0.39 is 24.2 Å². The van der Waals surface area contributed by atoms with Crippen molar-refractivity contribution in [2.75, 3.05) is 42.6 Å². The zero-order chi connectivity index (χ0) is 21.6. The molecule has 0 radical (unpaired) electrons.